The number of hydrogen-bond acceptors (Lipinski definition) is 6. The van der Waals surface area contributed by atoms with Gasteiger partial charge in [0.05, 0.1) is 18.1 Å². The zero-order chi connectivity index (χ0) is 10.7. The largest absolute Gasteiger partial charge is 0.256 e. The normalized spacial score (nSPS) is 10.5. The molecule has 2 aromatic heterocycles. The molecule has 4 nitrogen and oxygen atoms in total. The van der Waals surface area contributed by atoms with Gasteiger partial charge in [-0.05, 0) is 18.5 Å². The highest BCUT2D eigenvalue weighted by Gasteiger charge is 2.02. The maximum absolute atomic E-state index is 5.63. The molecule has 0 radical (unpaired) electrons. The summed E-state index contributed by atoms with van der Waals surface area (Å²) in [5, 5.41) is 0.413. The van der Waals surface area contributed by atoms with Crippen molar-refractivity contribution >= 4 is 34.9 Å². The fourth-order valence-electron chi connectivity index (χ4n) is 0.886. The first-order chi connectivity index (χ1) is 7.24. The molecule has 0 aliphatic heterocycles. The Morgan fingerprint density at radius 2 is 2.27 bits per heavy atom. The molecule has 0 saturated heterocycles. The fraction of sp³-hybridized carbons (Fsp3) is 0.250. The summed E-state index contributed by atoms with van der Waals surface area (Å²) in [5.74, 6) is 1.54. The van der Waals surface area contributed by atoms with E-state index in [2.05, 4.69) is 19.3 Å². The highest BCUT2D eigenvalue weighted by atomic mass is 35.5. The van der Waals surface area contributed by atoms with Crippen LogP contribution in [0.2, 0.25) is 5.15 Å². The molecule has 0 atom stereocenters. The average molecular weight is 259 g/mol. The minimum Gasteiger partial charge on any atom is -0.256 e. The molecule has 0 amide bonds. The lowest BCUT2D eigenvalue weighted by atomic mass is 10.5. The highest BCUT2D eigenvalue weighted by molar-refractivity contribution is 8.00. The number of thioether (sulfide) groups is 1. The molecular weight excluding hydrogens is 252 g/mol. The third-order valence-electron chi connectivity index (χ3n) is 1.53. The molecule has 0 spiro atoms. The van der Waals surface area contributed by atoms with Gasteiger partial charge in [-0.3, -0.25) is 4.98 Å². The minimum absolute atomic E-state index is 0.413. The molecule has 7 heteroatoms. The molecule has 0 aliphatic rings. The van der Waals surface area contributed by atoms with E-state index in [1.54, 1.807) is 24.2 Å². The number of aromatic nitrogens is 4. The second kappa shape index (κ2) is 4.87. The van der Waals surface area contributed by atoms with Crippen LogP contribution in [-0.4, -0.2) is 19.3 Å². The third-order valence-corrected chi connectivity index (χ3v) is 3.68. The lowest BCUT2D eigenvalue weighted by Crippen LogP contribution is -1.88. The Morgan fingerprint density at radius 1 is 1.40 bits per heavy atom. The van der Waals surface area contributed by atoms with Crippen molar-refractivity contribution in [3.8, 4) is 0 Å². The van der Waals surface area contributed by atoms with Crippen LogP contribution in [0.3, 0.4) is 0 Å². The molecule has 0 aliphatic carbocycles. The van der Waals surface area contributed by atoms with Crippen molar-refractivity contribution in [1.29, 1.82) is 0 Å². The Bertz CT molecular complexity index is 442. The van der Waals surface area contributed by atoms with Crippen molar-refractivity contribution in [1.82, 2.24) is 19.3 Å². The van der Waals surface area contributed by atoms with E-state index in [1.165, 1.54) is 11.5 Å². The number of aryl methyl sites for hydroxylation is 1. The van der Waals surface area contributed by atoms with Crippen LogP contribution >= 0.6 is 34.9 Å². The second-order valence-corrected chi connectivity index (χ2v) is 5.09. The molecule has 2 heterocycles. The molecular formula is C8H7ClN4S2. The molecule has 0 saturated carbocycles. The molecule has 0 fully saturated rings. The van der Waals surface area contributed by atoms with Gasteiger partial charge in [0, 0.05) is 5.75 Å². The van der Waals surface area contributed by atoms with Gasteiger partial charge in [0.1, 0.15) is 11.0 Å². The second-order valence-electron chi connectivity index (χ2n) is 2.73. The zero-order valence-electron chi connectivity index (χ0n) is 7.85. The Morgan fingerprint density at radius 3 is 2.87 bits per heavy atom. The topological polar surface area (TPSA) is 51.6 Å². The number of nitrogens with zero attached hydrogens (tertiary/aromatic N) is 4. The van der Waals surface area contributed by atoms with E-state index in [0.717, 1.165) is 21.6 Å². The molecule has 0 aromatic carbocycles. The first-order valence-electron chi connectivity index (χ1n) is 4.13. The Balaban J connectivity index is 1.96. The maximum atomic E-state index is 5.63. The van der Waals surface area contributed by atoms with Crippen LogP contribution in [0.4, 0.5) is 0 Å². The monoisotopic (exact) mass is 258 g/mol. The van der Waals surface area contributed by atoms with E-state index in [0.29, 0.717) is 5.15 Å². The standard InChI is InChI=1S/C8H7ClN4S2/c1-5-12-8(15-13-5)14-4-6-2-11-7(9)3-10-6/h2-3H,4H2,1H3. The minimum atomic E-state index is 0.413. The number of rotatable bonds is 3. The van der Waals surface area contributed by atoms with Gasteiger partial charge in [-0.2, -0.15) is 4.37 Å². The van der Waals surface area contributed by atoms with Crippen LogP contribution < -0.4 is 0 Å². The summed E-state index contributed by atoms with van der Waals surface area (Å²) < 4.78 is 5.04. The van der Waals surface area contributed by atoms with Crippen molar-refractivity contribution in [2.75, 3.05) is 0 Å². The van der Waals surface area contributed by atoms with Crippen molar-refractivity contribution in [2.24, 2.45) is 0 Å². The Labute approximate surface area is 100 Å². The van der Waals surface area contributed by atoms with Crippen molar-refractivity contribution in [3.63, 3.8) is 0 Å². The molecule has 15 heavy (non-hydrogen) atoms. The smallest absolute Gasteiger partial charge is 0.170 e. The molecule has 78 valence electrons. The first-order valence-corrected chi connectivity index (χ1v) is 6.27. The van der Waals surface area contributed by atoms with Gasteiger partial charge in [-0.1, -0.05) is 23.4 Å². The van der Waals surface area contributed by atoms with Gasteiger partial charge >= 0.3 is 0 Å². The lowest BCUT2D eigenvalue weighted by molar-refractivity contribution is 1.08. The van der Waals surface area contributed by atoms with Gasteiger partial charge in [0.25, 0.3) is 0 Å². The molecule has 2 rings (SSSR count). The van der Waals surface area contributed by atoms with Crippen LogP contribution in [0.25, 0.3) is 0 Å². The fourth-order valence-corrected chi connectivity index (χ4v) is 2.52. The maximum Gasteiger partial charge on any atom is 0.170 e. The molecule has 0 unspecified atom stereocenters. The quantitative estimate of drug-likeness (QED) is 0.792. The van der Waals surface area contributed by atoms with E-state index >= 15 is 0 Å². The summed E-state index contributed by atoms with van der Waals surface area (Å²) in [6.07, 6.45) is 3.21. The summed E-state index contributed by atoms with van der Waals surface area (Å²) in [4.78, 5) is 12.3. The Kier molecular flexibility index (Phi) is 3.50. The van der Waals surface area contributed by atoms with Crippen LogP contribution in [0, 0.1) is 6.92 Å². The van der Waals surface area contributed by atoms with Crippen molar-refractivity contribution < 1.29 is 0 Å². The van der Waals surface area contributed by atoms with Crippen molar-refractivity contribution in [2.45, 2.75) is 17.0 Å². The average Bonchev–Trinajstić information content (AvgIpc) is 2.64. The highest BCUT2D eigenvalue weighted by Crippen LogP contribution is 2.23. The number of halogens is 1. The van der Waals surface area contributed by atoms with Crippen LogP contribution in [-0.2, 0) is 5.75 Å². The Hall–Kier alpha value is -0.720. The van der Waals surface area contributed by atoms with E-state index < -0.39 is 0 Å². The SMILES string of the molecule is Cc1nsc(SCc2cnc(Cl)cn2)n1. The third kappa shape index (κ3) is 3.12. The van der Waals surface area contributed by atoms with Crippen LogP contribution in [0.15, 0.2) is 16.7 Å². The summed E-state index contributed by atoms with van der Waals surface area (Å²) in [6.45, 7) is 1.88. The van der Waals surface area contributed by atoms with E-state index in [1.807, 2.05) is 6.92 Å². The summed E-state index contributed by atoms with van der Waals surface area (Å²) in [7, 11) is 0. The van der Waals surface area contributed by atoms with Gasteiger partial charge in [0.2, 0.25) is 0 Å². The van der Waals surface area contributed by atoms with E-state index in [-0.39, 0.29) is 0 Å². The number of hydrogen-bond donors (Lipinski definition) is 0. The predicted octanol–water partition coefficient (Wildman–Crippen LogP) is 2.58. The summed E-state index contributed by atoms with van der Waals surface area (Å²) >= 11 is 8.63. The van der Waals surface area contributed by atoms with E-state index in [9.17, 15) is 0 Å². The van der Waals surface area contributed by atoms with Crippen LogP contribution in [0.5, 0.6) is 0 Å². The molecule has 2 aromatic rings. The molecule has 0 bridgehead atoms. The first kappa shape index (κ1) is 10.8. The van der Waals surface area contributed by atoms with Crippen LogP contribution in [0.1, 0.15) is 11.5 Å². The van der Waals surface area contributed by atoms with Gasteiger partial charge in [0.15, 0.2) is 4.34 Å². The zero-order valence-corrected chi connectivity index (χ0v) is 10.2. The van der Waals surface area contributed by atoms with Gasteiger partial charge in [-0.15, -0.1) is 0 Å². The summed E-state index contributed by atoms with van der Waals surface area (Å²) in [6, 6.07) is 0. The lowest BCUT2D eigenvalue weighted by Gasteiger charge is -1.96. The van der Waals surface area contributed by atoms with Gasteiger partial charge < -0.3 is 0 Å². The molecule has 0 N–H and O–H groups in total. The predicted molar refractivity (Wildman–Crippen MR) is 61.2 cm³/mol. The van der Waals surface area contributed by atoms with E-state index in [4.69, 9.17) is 11.6 Å². The summed E-state index contributed by atoms with van der Waals surface area (Å²) in [5.41, 5.74) is 0.886. The van der Waals surface area contributed by atoms with Gasteiger partial charge in [-0.25, -0.2) is 9.97 Å². The van der Waals surface area contributed by atoms with Crippen molar-refractivity contribution in [3.05, 3.63) is 29.1 Å².